The molecule has 0 saturated heterocycles. The van der Waals surface area contributed by atoms with Crippen LogP contribution in [0.5, 0.6) is 0 Å². The molecule has 1 aliphatic rings. The predicted molar refractivity (Wildman–Crippen MR) is 61.9 cm³/mol. The average molecular weight is 215 g/mol. The average Bonchev–Trinajstić information content (AvgIpc) is 2.66. The van der Waals surface area contributed by atoms with Crippen LogP contribution in [-0.4, -0.2) is 37.5 Å². The van der Waals surface area contributed by atoms with E-state index < -0.39 is 0 Å². The van der Waals surface area contributed by atoms with E-state index in [-0.39, 0.29) is 6.61 Å². The summed E-state index contributed by atoms with van der Waals surface area (Å²) in [4.78, 5) is 0. The number of methoxy groups -OCH3 is 1. The Hall–Kier alpha value is -0.120. The largest absolute Gasteiger partial charge is 0.396 e. The highest BCUT2D eigenvalue weighted by Crippen LogP contribution is 2.28. The fourth-order valence-electron chi connectivity index (χ4n) is 2.62. The van der Waals surface area contributed by atoms with Crippen molar-refractivity contribution in [3.63, 3.8) is 0 Å². The van der Waals surface area contributed by atoms with Crippen molar-refractivity contribution in [1.82, 2.24) is 5.32 Å². The van der Waals surface area contributed by atoms with Crippen LogP contribution < -0.4 is 5.32 Å². The van der Waals surface area contributed by atoms with Crippen LogP contribution in [-0.2, 0) is 4.74 Å². The van der Waals surface area contributed by atoms with Gasteiger partial charge in [-0.05, 0) is 25.2 Å². The molecule has 0 heterocycles. The van der Waals surface area contributed by atoms with E-state index in [0.29, 0.717) is 18.7 Å². The summed E-state index contributed by atoms with van der Waals surface area (Å²) in [7, 11) is 1.72. The van der Waals surface area contributed by atoms with Gasteiger partial charge in [-0.15, -0.1) is 0 Å². The lowest BCUT2D eigenvalue weighted by Crippen LogP contribution is -2.43. The standard InChI is InChI=1S/C12H25NO2/c1-3-10-5-4-6-12(10)13-11(7-8-14)9-15-2/h10-14H,3-9H2,1-2H3. The molecule has 1 fully saturated rings. The summed E-state index contributed by atoms with van der Waals surface area (Å²) in [5.41, 5.74) is 0. The van der Waals surface area contributed by atoms with E-state index in [1.54, 1.807) is 7.11 Å². The molecule has 0 amide bonds. The molecule has 0 aromatic rings. The first-order valence-electron chi connectivity index (χ1n) is 6.17. The minimum atomic E-state index is 0.241. The van der Waals surface area contributed by atoms with Crippen molar-refractivity contribution in [3.05, 3.63) is 0 Å². The van der Waals surface area contributed by atoms with Gasteiger partial charge in [0, 0.05) is 25.8 Å². The van der Waals surface area contributed by atoms with Gasteiger partial charge in [-0.1, -0.05) is 19.8 Å². The van der Waals surface area contributed by atoms with Gasteiger partial charge in [0.05, 0.1) is 6.61 Å². The van der Waals surface area contributed by atoms with Gasteiger partial charge in [0.1, 0.15) is 0 Å². The van der Waals surface area contributed by atoms with Crippen LogP contribution in [0.1, 0.15) is 39.0 Å². The van der Waals surface area contributed by atoms with Gasteiger partial charge in [0.25, 0.3) is 0 Å². The van der Waals surface area contributed by atoms with Crippen LogP contribution in [0, 0.1) is 5.92 Å². The van der Waals surface area contributed by atoms with E-state index in [4.69, 9.17) is 9.84 Å². The molecule has 1 rings (SSSR count). The number of nitrogens with one attached hydrogen (secondary N) is 1. The highest BCUT2D eigenvalue weighted by Gasteiger charge is 2.27. The molecule has 2 N–H and O–H groups in total. The summed E-state index contributed by atoms with van der Waals surface area (Å²) in [6.45, 7) is 3.21. The van der Waals surface area contributed by atoms with Crippen LogP contribution in [0.15, 0.2) is 0 Å². The smallest absolute Gasteiger partial charge is 0.0616 e. The molecule has 1 aliphatic carbocycles. The van der Waals surface area contributed by atoms with Crippen LogP contribution >= 0.6 is 0 Å². The van der Waals surface area contributed by atoms with Crippen LogP contribution in [0.2, 0.25) is 0 Å². The fraction of sp³-hybridized carbons (Fsp3) is 1.00. The first-order chi connectivity index (χ1) is 7.31. The van der Waals surface area contributed by atoms with Crippen molar-refractivity contribution in [2.24, 2.45) is 5.92 Å². The molecular formula is C12H25NO2. The molecule has 3 heteroatoms. The third-order valence-electron chi connectivity index (χ3n) is 3.48. The second-order valence-electron chi connectivity index (χ2n) is 4.54. The monoisotopic (exact) mass is 215 g/mol. The van der Waals surface area contributed by atoms with Gasteiger partial charge < -0.3 is 15.2 Å². The Kier molecular flexibility index (Phi) is 6.22. The molecule has 3 atom stereocenters. The van der Waals surface area contributed by atoms with E-state index in [2.05, 4.69) is 12.2 Å². The highest BCUT2D eigenvalue weighted by molar-refractivity contribution is 4.85. The summed E-state index contributed by atoms with van der Waals surface area (Å²) in [5, 5.41) is 12.6. The Morgan fingerprint density at radius 3 is 2.87 bits per heavy atom. The van der Waals surface area contributed by atoms with Gasteiger partial charge in [0.2, 0.25) is 0 Å². The molecule has 15 heavy (non-hydrogen) atoms. The Labute approximate surface area is 93.2 Å². The molecule has 0 aromatic heterocycles. The number of hydrogen-bond acceptors (Lipinski definition) is 3. The molecule has 0 bridgehead atoms. The summed E-state index contributed by atoms with van der Waals surface area (Å²) in [5.74, 6) is 0.822. The summed E-state index contributed by atoms with van der Waals surface area (Å²) < 4.78 is 5.16. The Bertz CT molecular complexity index is 158. The zero-order valence-corrected chi connectivity index (χ0v) is 10.0. The first-order valence-corrected chi connectivity index (χ1v) is 6.17. The topological polar surface area (TPSA) is 41.5 Å². The quantitative estimate of drug-likeness (QED) is 0.677. The number of aliphatic hydroxyl groups excluding tert-OH is 1. The lowest BCUT2D eigenvalue weighted by molar-refractivity contribution is 0.138. The predicted octanol–water partition coefficient (Wildman–Crippen LogP) is 1.55. The van der Waals surface area contributed by atoms with E-state index in [1.165, 1.54) is 25.7 Å². The minimum Gasteiger partial charge on any atom is -0.396 e. The van der Waals surface area contributed by atoms with Crippen molar-refractivity contribution in [2.45, 2.75) is 51.1 Å². The summed E-state index contributed by atoms with van der Waals surface area (Å²) in [6.07, 6.45) is 6.03. The van der Waals surface area contributed by atoms with Gasteiger partial charge in [0.15, 0.2) is 0 Å². The Balaban J connectivity index is 2.35. The number of hydrogen-bond donors (Lipinski definition) is 2. The van der Waals surface area contributed by atoms with Crippen LogP contribution in [0.4, 0.5) is 0 Å². The Morgan fingerprint density at radius 1 is 1.47 bits per heavy atom. The second kappa shape index (κ2) is 7.20. The third-order valence-corrected chi connectivity index (χ3v) is 3.48. The van der Waals surface area contributed by atoms with Crippen LogP contribution in [0.25, 0.3) is 0 Å². The van der Waals surface area contributed by atoms with E-state index in [9.17, 15) is 0 Å². The number of rotatable bonds is 7. The van der Waals surface area contributed by atoms with Gasteiger partial charge >= 0.3 is 0 Å². The second-order valence-corrected chi connectivity index (χ2v) is 4.54. The van der Waals surface area contributed by atoms with E-state index in [0.717, 1.165) is 12.3 Å². The molecule has 3 unspecified atom stereocenters. The zero-order chi connectivity index (χ0) is 11.1. The van der Waals surface area contributed by atoms with Gasteiger partial charge in [-0.2, -0.15) is 0 Å². The lowest BCUT2D eigenvalue weighted by atomic mass is 9.99. The molecule has 90 valence electrons. The van der Waals surface area contributed by atoms with E-state index in [1.807, 2.05) is 0 Å². The molecule has 3 nitrogen and oxygen atoms in total. The normalized spacial score (nSPS) is 28.2. The van der Waals surface area contributed by atoms with Crippen LogP contribution in [0.3, 0.4) is 0 Å². The SMILES string of the molecule is CCC1CCCC1NC(CCO)COC. The maximum Gasteiger partial charge on any atom is 0.0616 e. The first kappa shape index (κ1) is 12.9. The third kappa shape index (κ3) is 4.09. The van der Waals surface area contributed by atoms with Gasteiger partial charge in [-0.3, -0.25) is 0 Å². The maximum atomic E-state index is 8.96. The zero-order valence-electron chi connectivity index (χ0n) is 10.0. The number of ether oxygens (including phenoxy) is 1. The van der Waals surface area contributed by atoms with Crippen molar-refractivity contribution in [1.29, 1.82) is 0 Å². The molecule has 1 saturated carbocycles. The molecule has 0 spiro atoms. The van der Waals surface area contributed by atoms with E-state index >= 15 is 0 Å². The molecule has 0 aliphatic heterocycles. The van der Waals surface area contributed by atoms with Crippen molar-refractivity contribution < 1.29 is 9.84 Å². The van der Waals surface area contributed by atoms with Crippen molar-refractivity contribution in [3.8, 4) is 0 Å². The number of aliphatic hydroxyl groups is 1. The highest BCUT2D eigenvalue weighted by atomic mass is 16.5. The summed E-state index contributed by atoms with van der Waals surface area (Å²) >= 11 is 0. The molecule has 0 aromatic carbocycles. The minimum absolute atomic E-state index is 0.241. The summed E-state index contributed by atoms with van der Waals surface area (Å²) in [6, 6.07) is 0.957. The fourth-order valence-corrected chi connectivity index (χ4v) is 2.62. The van der Waals surface area contributed by atoms with Crippen molar-refractivity contribution >= 4 is 0 Å². The lowest BCUT2D eigenvalue weighted by Gasteiger charge is -2.26. The Morgan fingerprint density at radius 2 is 2.27 bits per heavy atom. The maximum absolute atomic E-state index is 8.96. The van der Waals surface area contributed by atoms with Crippen molar-refractivity contribution in [2.75, 3.05) is 20.3 Å². The molecule has 0 radical (unpaired) electrons. The molecular weight excluding hydrogens is 190 g/mol. The van der Waals surface area contributed by atoms with Gasteiger partial charge in [-0.25, -0.2) is 0 Å².